The molecule has 3 N–H and O–H groups in total. The molecular weight excluding hydrogens is 607 g/mol. The van der Waals surface area contributed by atoms with E-state index in [1.807, 2.05) is 0 Å². The second-order valence-corrected chi connectivity index (χ2v) is 9.60. The fraction of sp³-hybridized carbons (Fsp3) is 0.333. The highest BCUT2D eigenvalue weighted by atomic mass is 32.2. The van der Waals surface area contributed by atoms with Gasteiger partial charge in [-0.25, -0.2) is 36.3 Å². The van der Waals surface area contributed by atoms with Crippen molar-refractivity contribution in [2.24, 2.45) is 19.1 Å². The van der Waals surface area contributed by atoms with Gasteiger partial charge in [0, 0.05) is 4.99 Å². The van der Waals surface area contributed by atoms with Crippen molar-refractivity contribution in [3.8, 4) is 0 Å². The summed E-state index contributed by atoms with van der Waals surface area (Å²) in [6.45, 7) is -0.591. The van der Waals surface area contributed by atoms with E-state index in [2.05, 4.69) is 9.73 Å². The number of rotatable bonds is 5. The predicted molar refractivity (Wildman–Crippen MR) is 113 cm³/mol. The van der Waals surface area contributed by atoms with Crippen molar-refractivity contribution >= 4 is 32.6 Å². The molecule has 0 bridgehead atoms. The van der Waals surface area contributed by atoms with Gasteiger partial charge >= 0.3 is 23.8 Å². The maximum Gasteiger partial charge on any atom is 0.577 e. The third-order valence-corrected chi connectivity index (χ3v) is 5.05. The molecule has 0 aliphatic rings. The van der Waals surface area contributed by atoms with Crippen molar-refractivity contribution in [2.45, 2.75) is 11.3 Å². The fourth-order valence-corrected chi connectivity index (χ4v) is 2.83. The van der Waals surface area contributed by atoms with Crippen molar-refractivity contribution in [3.63, 3.8) is 0 Å². The number of nitrogens with two attached hydrogens (primary N) is 1. The van der Waals surface area contributed by atoms with Gasteiger partial charge in [0.2, 0.25) is 5.03 Å². The van der Waals surface area contributed by atoms with Gasteiger partial charge in [-0.2, -0.15) is 9.36 Å². The van der Waals surface area contributed by atoms with Crippen LogP contribution in [0.1, 0.15) is 10.4 Å². The first-order valence-corrected chi connectivity index (χ1v) is 12.4. The SMILES string of the molecule is C[n+]1cc(C=O)cn(N)c1=O.C[n+]1cc(S(=O)(=O)[O-])cn([N+](=O)[O-])c1=NC(=O)OC(F)(F)F.O=S(=O)([O-])CCO. The van der Waals surface area contributed by atoms with E-state index >= 15 is 0 Å². The lowest BCUT2D eigenvalue weighted by molar-refractivity contribution is -0.714. The largest absolute Gasteiger partial charge is 0.748 e. The topological polar surface area (TPSA) is 294 Å². The van der Waals surface area contributed by atoms with E-state index in [0.717, 1.165) is 11.7 Å². The number of aldehydes is 1. The Labute approximate surface area is 220 Å². The van der Waals surface area contributed by atoms with E-state index in [-0.39, 0.29) is 16.6 Å². The number of aliphatic hydroxyl groups is 1. The van der Waals surface area contributed by atoms with Crippen LogP contribution in [0.15, 0.2) is 39.5 Å². The summed E-state index contributed by atoms with van der Waals surface area (Å²) < 4.78 is 102. The van der Waals surface area contributed by atoms with Gasteiger partial charge in [-0.3, -0.25) is 10.6 Å². The molecule has 2 heterocycles. The fourth-order valence-electron chi connectivity index (χ4n) is 2.09. The molecule has 0 aliphatic heterocycles. The molecule has 0 saturated heterocycles. The van der Waals surface area contributed by atoms with Gasteiger partial charge in [-0.05, 0) is 0 Å². The van der Waals surface area contributed by atoms with E-state index in [1.165, 1.54) is 24.0 Å². The zero-order chi connectivity index (χ0) is 31.6. The number of nitrogen functional groups attached to an aromatic ring is 1. The van der Waals surface area contributed by atoms with Gasteiger partial charge < -0.3 is 18.9 Å². The second-order valence-electron chi connectivity index (χ2n) is 6.70. The maximum absolute atomic E-state index is 11.8. The molecule has 0 fully saturated rings. The molecule has 2 rings (SSSR count). The normalized spacial score (nSPS) is 11.8. The van der Waals surface area contributed by atoms with Crippen LogP contribution in [0.2, 0.25) is 0 Å². The predicted octanol–water partition coefficient (Wildman–Crippen LogP) is -4.46. The minimum atomic E-state index is -5.36. The van der Waals surface area contributed by atoms with Crippen molar-refractivity contribution in [2.75, 3.05) is 18.2 Å². The highest BCUT2D eigenvalue weighted by Gasteiger charge is 2.36. The van der Waals surface area contributed by atoms with Crippen molar-refractivity contribution in [1.82, 2.24) is 9.35 Å². The van der Waals surface area contributed by atoms with Crippen molar-refractivity contribution in [1.29, 1.82) is 0 Å². The van der Waals surface area contributed by atoms with Crippen LogP contribution in [0.5, 0.6) is 0 Å². The summed E-state index contributed by atoms with van der Waals surface area (Å²) in [7, 11) is -6.83. The number of nitro groups is 1. The van der Waals surface area contributed by atoms with Gasteiger partial charge in [0.25, 0.3) is 0 Å². The monoisotopic (exact) mass is 625 g/mol. The number of hydrogen-bond donors (Lipinski definition) is 2. The number of aromatic nitrogens is 4. The molecule has 2 aromatic heterocycles. The zero-order valence-electron chi connectivity index (χ0n) is 19.9. The Morgan fingerprint density at radius 1 is 1.20 bits per heavy atom. The number of aryl methyl sites for hydroxylation is 2. The molecule has 0 unspecified atom stereocenters. The van der Waals surface area contributed by atoms with E-state index in [4.69, 9.17) is 10.9 Å². The molecular formula is C15H18F3N7O13S2. The quantitative estimate of drug-likeness (QED) is 0.0791. The lowest BCUT2D eigenvalue weighted by atomic mass is 10.4. The van der Waals surface area contributed by atoms with Gasteiger partial charge in [-0.15, -0.1) is 13.2 Å². The number of aliphatic hydroxyl groups excluding tert-OH is 1. The molecule has 0 aromatic carbocycles. The van der Waals surface area contributed by atoms with Crippen molar-refractivity contribution in [3.05, 3.63) is 56.6 Å². The number of ether oxygens (including phenoxy) is 1. The van der Waals surface area contributed by atoms with Crippen LogP contribution >= 0.6 is 0 Å². The van der Waals surface area contributed by atoms with E-state index < -0.39 is 60.6 Å². The van der Waals surface area contributed by atoms with Crippen LogP contribution in [-0.4, -0.2) is 76.5 Å². The van der Waals surface area contributed by atoms with Crippen LogP contribution in [0.4, 0.5) is 18.0 Å². The minimum absolute atomic E-state index is 0.183. The highest BCUT2D eigenvalue weighted by Crippen LogP contribution is 2.16. The second kappa shape index (κ2) is 14.2. The smallest absolute Gasteiger partial charge is 0.577 e. The highest BCUT2D eigenvalue weighted by molar-refractivity contribution is 7.86. The maximum atomic E-state index is 11.8. The molecule has 0 spiro atoms. The Kier molecular flexibility index (Phi) is 12.6. The molecule has 2 aromatic rings. The number of hydrogen-bond acceptors (Lipinski definition) is 14. The Bertz CT molecular complexity index is 1570. The van der Waals surface area contributed by atoms with Gasteiger partial charge in [0.15, 0.2) is 12.5 Å². The van der Waals surface area contributed by atoms with Crippen LogP contribution in [-0.2, 0) is 39.1 Å². The average Bonchev–Trinajstić information content (AvgIpc) is 2.76. The first-order valence-electron chi connectivity index (χ1n) is 9.46. The molecule has 25 heteroatoms. The number of halogens is 3. The summed E-state index contributed by atoms with van der Waals surface area (Å²) in [5, 5.41) is 17.3. The molecule has 0 radical (unpaired) electrons. The van der Waals surface area contributed by atoms with Gasteiger partial charge in [0.05, 0.1) is 53.0 Å². The van der Waals surface area contributed by atoms with Gasteiger partial charge in [-0.1, -0.05) is 4.68 Å². The summed E-state index contributed by atoms with van der Waals surface area (Å²) in [6.07, 6.45) is -3.56. The van der Waals surface area contributed by atoms with Crippen LogP contribution in [0, 0.1) is 10.1 Å². The third-order valence-electron chi connectivity index (χ3n) is 3.58. The van der Waals surface area contributed by atoms with Gasteiger partial charge in [0.1, 0.15) is 27.4 Å². The Hall–Kier alpha value is -4.33. The molecule has 0 saturated carbocycles. The summed E-state index contributed by atoms with van der Waals surface area (Å²) in [5.41, 5.74) is -1.02. The summed E-state index contributed by atoms with van der Waals surface area (Å²) in [5.74, 6) is 4.53. The number of nitrogens with zero attached hydrogens (tertiary/aromatic N) is 6. The number of alkyl halides is 3. The number of carbonyl (C=O) groups excluding carboxylic acids is 2. The lowest BCUT2D eigenvalue weighted by Gasteiger charge is -2.05. The Morgan fingerprint density at radius 2 is 1.75 bits per heavy atom. The summed E-state index contributed by atoms with van der Waals surface area (Å²) in [6, 6.07) is 0. The van der Waals surface area contributed by atoms with Crippen LogP contribution in [0.3, 0.4) is 0 Å². The third kappa shape index (κ3) is 13.0. The molecule has 224 valence electrons. The average molecular weight is 625 g/mol. The molecule has 20 nitrogen and oxygen atoms in total. The Morgan fingerprint density at radius 3 is 2.10 bits per heavy atom. The number of amides is 1. The molecule has 1 amide bonds. The van der Waals surface area contributed by atoms with Crippen LogP contribution < -0.4 is 26.3 Å². The minimum Gasteiger partial charge on any atom is -0.748 e. The summed E-state index contributed by atoms with van der Waals surface area (Å²) in [4.78, 5) is 44.4. The van der Waals surface area contributed by atoms with E-state index in [0.29, 0.717) is 22.6 Å². The van der Waals surface area contributed by atoms with Crippen LogP contribution in [0.25, 0.3) is 0 Å². The first-order chi connectivity index (χ1) is 18.0. The molecule has 0 aliphatic carbocycles. The number of carbonyl (C=O) groups is 2. The van der Waals surface area contributed by atoms with E-state index in [9.17, 15) is 63.6 Å². The Balaban J connectivity index is 0.000000696. The van der Waals surface area contributed by atoms with Crippen molar-refractivity contribution < 1.29 is 72.7 Å². The molecule has 40 heavy (non-hydrogen) atoms. The lowest BCUT2D eigenvalue weighted by Crippen LogP contribution is -2.54. The van der Waals surface area contributed by atoms with E-state index in [1.54, 1.807) is 0 Å². The molecule has 0 atom stereocenters. The standard InChI is InChI=1S/C7H5F3N4O7S.C6H8N3O2.C2H6O4S/c1-12-2-4(22(18,19)20)3-13(14(16)17)5(12)11-6(15)21-7(8,9)10;1-8-2-5(4-10)3-9(7)6(8)11;3-1-2-7(4,5)6/h2-3H,1H3;2-4H,7H2,1H3;3H,1-2H2,(H,4,5,6)/q;+1;/p-1. The zero-order valence-corrected chi connectivity index (χ0v) is 21.5. The summed E-state index contributed by atoms with van der Waals surface area (Å²) >= 11 is 0. The first kappa shape index (κ1) is 35.7.